The van der Waals surface area contributed by atoms with Crippen LogP contribution in [0.4, 0.5) is 0 Å². The molecule has 7 heteroatoms. The summed E-state index contributed by atoms with van der Waals surface area (Å²) in [5.74, 6) is -0.453. The zero-order valence-electron chi connectivity index (χ0n) is 22.0. The highest BCUT2D eigenvalue weighted by molar-refractivity contribution is 6.30. The largest absolute Gasteiger partial charge is 0.481 e. The van der Waals surface area contributed by atoms with Gasteiger partial charge in [-0.05, 0) is 67.5 Å². The van der Waals surface area contributed by atoms with Gasteiger partial charge < -0.3 is 10.0 Å². The number of carbonyl (C=O) groups excluding carboxylic acids is 1. The van der Waals surface area contributed by atoms with Gasteiger partial charge in [-0.15, -0.1) is 0 Å². The van der Waals surface area contributed by atoms with Crippen molar-refractivity contribution in [1.29, 1.82) is 0 Å². The fraction of sp³-hybridized carbons (Fsp3) is 0.312. The molecule has 2 atom stereocenters. The van der Waals surface area contributed by atoms with Gasteiger partial charge in [0, 0.05) is 41.6 Å². The minimum absolute atomic E-state index is 0.00244. The monoisotopic (exact) mass is 541 g/mol. The number of aryl methyl sites for hydroxylation is 1. The van der Waals surface area contributed by atoms with Crippen molar-refractivity contribution in [2.24, 2.45) is 5.92 Å². The van der Waals surface area contributed by atoms with E-state index in [2.05, 4.69) is 24.3 Å². The van der Waals surface area contributed by atoms with Gasteiger partial charge in [-0.1, -0.05) is 61.0 Å². The number of likely N-dealkylation sites (tertiary alicyclic amines) is 1. The van der Waals surface area contributed by atoms with Gasteiger partial charge in [-0.2, -0.15) is 0 Å². The number of amides is 1. The summed E-state index contributed by atoms with van der Waals surface area (Å²) >= 11 is 6.11. The fourth-order valence-corrected chi connectivity index (χ4v) is 5.49. The molecule has 5 rings (SSSR count). The molecule has 4 aromatic rings. The minimum atomic E-state index is -0.805. The molecule has 39 heavy (non-hydrogen) atoms. The highest BCUT2D eigenvalue weighted by atomic mass is 35.5. The fourth-order valence-electron chi connectivity index (χ4n) is 5.36. The molecule has 1 aromatic heterocycles. The molecule has 1 fully saturated rings. The third kappa shape index (κ3) is 6.45. The number of piperidine rings is 1. The molecule has 6 nitrogen and oxygen atoms in total. The summed E-state index contributed by atoms with van der Waals surface area (Å²) in [6.07, 6.45) is 3.41. The van der Waals surface area contributed by atoms with Gasteiger partial charge in [0.25, 0.3) is 5.91 Å². The van der Waals surface area contributed by atoms with E-state index in [4.69, 9.17) is 21.6 Å². The summed E-state index contributed by atoms with van der Waals surface area (Å²) in [5.41, 5.74) is 5.69. The Balaban J connectivity index is 1.44. The summed E-state index contributed by atoms with van der Waals surface area (Å²) in [7, 11) is 0. The van der Waals surface area contributed by atoms with Gasteiger partial charge in [0.05, 0.1) is 22.4 Å². The number of aliphatic carboxylic acids is 1. The van der Waals surface area contributed by atoms with Crippen LogP contribution in [0.3, 0.4) is 0 Å². The van der Waals surface area contributed by atoms with Crippen LogP contribution < -0.4 is 0 Å². The average molecular weight is 542 g/mol. The highest BCUT2D eigenvalue weighted by Gasteiger charge is 2.26. The number of rotatable bonds is 8. The number of fused-ring (bicyclic) bond motifs is 1. The van der Waals surface area contributed by atoms with Gasteiger partial charge in [0.1, 0.15) is 0 Å². The second-order valence-electron chi connectivity index (χ2n) is 10.5. The van der Waals surface area contributed by atoms with E-state index in [1.54, 1.807) is 0 Å². The van der Waals surface area contributed by atoms with Crippen LogP contribution in [-0.2, 0) is 11.2 Å². The number of carbonyl (C=O) groups is 2. The Morgan fingerprint density at radius 2 is 1.79 bits per heavy atom. The topological polar surface area (TPSA) is 83.4 Å². The molecule has 0 saturated carbocycles. The zero-order chi connectivity index (χ0) is 27.4. The number of carboxylic acid groups (broad SMARTS) is 1. The number of halogens is 1. The third-order valence-corrected chi connectivity index (χ3v) is 7.73. The van der Waals surface area contributed by atoms with Crippen LogP contribution in [0.15, 0.2) is 72.8 Å². The van der Waals surface area contributed by atoms with Crippen LogP contribution in [0.25, 0.3) is 22.3 Å². The number of hydrogen-bond acceptors (Lipinski definition) is 4. The van der Waals surface area contributed by atoms with Crippen LogP contribution >= 0.6 is 11.6 Å². The first-order valence-corrected chi connectivity index (χ1v) is 13.9. The van der Waals surface area contributed by atoms with E-state index in [0.717, 1.165) is 36.3 Å². The second-order valence-corrected chi connectivity index (χ2v) is 10.9. The molecule has 0 spiro atoms. The molecule has 1 aliphatic rings. The van der Waals surface area contributed by atoms with E-state index in [0.29, 0.717) is 46.9 Å². The Bertz CT molecular complexity index is 1470. The normalized spacial score (nSPS) is 16.3. The lowest BCUT2D eigenvalue weighted by molar-refractivity contribution is -0.138. The van der Waals surface area contributed by atoms with E-state index in [-0.39, 0.29) is 18.2 Å². The van der Waals surface area contributed by atoms with Gasteiger partial charge in [0.15, 0.2) is 0 Å². The smallest absolute Gasteiger partial charge is 0.303 e. The first-order valence-electron chi connectivity index (χ1n) is 13.5. The number of aromatic nitrogens is 2. The Morgan fingerprint density at radius 1 is 1.03 bits per heavy atom. The minimum Gasteiger partial charge on any atom is -0.481 e. The Hall–Kier alpha value is -3.77. The van der Waals surface area contributed by atoms with Gasteiger partial charge in [-0.3, -0.25) is 9.59 Å². The van der Waals surface area contributed by atoms with E-state index >= 15 is 0 Å². The lowest BCUT2D eigenvalue weighted by Gasteiger charge is -2.33. The summed E-state index contributed by atoms with van der Waals surface area (Å²) in [4.78, 5) is 36.6. The Labute approximate surface area is 233 Å². The first-order chi connectivity index (χ1) is 18.9. The lowest BCUT2D eigenvalue weighted by Crippen LogP contribution is -2.39. The predicted octanol–water partition coefficient (Wildman–Crippen LogP) is 7.01. The molecule has 0 aliphatic carbocycles. The van der Waals surface area contributed by atoms with Crippen molar-refractivity contribution >= 4 is 34.5 Å². The molecule has 3 aromatic carbocycles. The molecule has 1 aliphatic heterocycles. The van der Waals surface area contributed by atoms with E-state index < -0.39 is 5.97 Å². The molecule has 1 saturated heterocycles. The second kappa shape index (κ2) is 12.0. The van der Waals surface area contributed by atoms with E-state index in [9.17, 15) is 14.7 Å². The maximum absolute atomic E-state index is 13.6. The Morgan fingerprint density at radius 3 is 2.54 bits per heavy atom. The first kappa shape index (κ1) is 26.8. The average Bonchev–Trinajstić information content (AvgIpc) is 2.95. The van der Waals surface area contributed by atoms with Crippen LogP contribution in [-0.4, -0.2) is 44.9 Å². The van der Waals surface area contributed by atoms with Crippen molar-refractivity contribution in [3.05, 3.63) is 94.6 Å². The molecule has 2 heterocycles. The maximum Gasteiger partial charge on any atom is 0.303 e. The SMILES string of the molecule is CC(CCc1nc2cc(C(=O)N3CCC[C@@H](c4ccccc4)C3)ccc2nc1-c1ccc(Cl)cc1)CC(=O)O. The van der Waals surface area contributed by atoms with Crippen LogP contribution in [0.5, 0.6) is 0 Å². The van der Waals surface area contributed by atoms with Crippen molar-refractivity contribution in [3.8, 4) is 11.3 Å². The Kier molecular flexibility index (Phi) is 8.22. The number of nitrogens with zero attached hydrogens (tertiary/aromatic N) is 3. The molecule has 1 unspecified atom stereocenters. The molecular weight excluding hydrogens is 510 g/mol. The number of benzene rings is 3. The zero-order valence-corrected chi connectivity index (χ0v) is 22.8. The maximum atomic E-state index is 13.6. The third-order valence-electron chi connectivity index (χ3n) is 7.48. The summed E-state index contributed by atoms with van der Waals surface area (Å²) in [5, 5.41) is 9.81. The van der Waals surface area contributed by atoms with Crippen molar-refractivity contribution in [1.82, 2.24) is 14.9 Å². The summed E-state index contributed by atoms with van der Waals surface area (Å²) in [6, 6.07) is 23.4. The van der Waals surface area contributed by atoms with Crippen LogP contribution in [0.1, 0.15) is 60.1 Å². The van der Waals surface area contributed by atoms with Crippen molar-refractivity contribution in [3.63, 3.8) is 0 Å². The van der Waals surface area contributed by atoms with Crippen molar-refractivity contribution in [2.45, 2.75) is 44.9 Å². The standard InChI is InChI=1S/C32H32ClN3O3/c1-21(18-30(37)38)9-15-28-31(23-10-13-26(33)14-11-23)35-27-16-12-24(19-29(27)34-28)32(39)36-17-5-8-25(20-36)22-6-3-2-4-7-22/h2-4,6-7,10-14,16,19,21,25H,5,8-9,15,17-18,20H2,1H3,(H,37,38)/t21?,25-/m1/s1. The molecule has 0 bridgehead atoms. The van der Waals surface area contributed by atoms with Crippen LogP contribution in [0, 0.1) is 5.92 Å². The quantitative estimate of drug-likeness (QED) is 0.259. The molecular formula is C32H32ClN3O3. The van der Waals surface area contributed by atoms with Crippen molar-refractivity contribution in [2.75, 3.05) is 13.1 Å². The van der Waals surface area contributed by atoms with Gasteiger partial charge in [0.2, 0.25) is 0 Å². The number of hydrogen-bond donors (Lipinski definition) is 1. The van der Waals surface area contributed by atoms with Crippen LogP contribution in [0.2, 0.25) is 5.02 Å². The van der Waals surface area contributed by atoms with Gasteiger partial charge >= 0.3 is 5.97 Å². The molecule has 1 N–H and O–H groups in total. The highest BCUT2D eigenvalue weighted by Crippen LogP contribution is 2.30. The van der Waals surface area contributed by atoms with Crippen molar-refractivity contribution < 1.29 is 14.7 Å². The predicted molar refractivity (Wildman–Crippen MR) is 154 cm³/mol. The van der Waals surface area contributed by atoms with Gasteiger partial charge in [-0.25, -0.2) is 9.97 Å². The summed E-state index contributed by atoms with van der Waals surface area (Å²) < 4.78 is 0. The number of carboxylic acids is 1. The van der Waals surface area contributed by atoms with E-state index in [1.807, 2.05) is 60.4 Å². The van der Waals surface area contributed by atoms with E-state index in [1.165, 1.54) is 5.56 Å². The molecule has 200 valence electrons. The lowest BCUT2D eigenvalue weighted by atomic mass is 9.90. The summed E-state index contributed by atoms with van der Waals surface area (Å²) in [6.45, 7) is 3.38. The molecule has 1 amide bonds. The molecule has 0 radical (unpaired) electrons.